The van der Waals surface area contributed by atoms with Crippen molar-refractivity contribution in [2.24, 2.45) is 0 Å². The van der Waals surface area contributed by atoms with Gasteiger partial charge in [-0.05, 0) is 13.0 Å². The summed E-state index contributed by atoms with van der Waals surface area (Å²) in [4.78, 5) is 11.8. The molecule has 0 bridgehead atoms. The van der Waals surface area contributed by atoms with E-state index in [9.17, 15) is 13.6 Å². The molecular formula is C13H13F2NO3. The highest BCUT2D eigenvalue weighted by Crippen LogP contribution is 2.18. The Morgan fingerprint density at radius 2 is 2.16 bits per heavy atom. The standard InChI is InChI=1S/C13H13F2NO3/c1-8(10-3-2-9(14)6-11(10)15)16-13(17)12-7-18-4-5-19-12/h2-3,6-8H,4-5H2,1H3,(H,16,17). The molecule has 0 saturated carbocycles. The van der Waals surface area contributed by atoms with Crippen LogP contribution in [0.1, 0.15) is 18.5 Å². The largest absolute Gasteiger partial charge is 0.494 e. The second-order valence-corrected chi connectivity index (χ2v) is 4.06. The molecule has 1 heterocycles. The monoisotopic (exact) mass is 269 g/mol. The third-order valence-electron chi connectivity index (χ3n) is 2.65. The Morgan fingerprint density at radius 1 is 1.37 bits per heavy atom. The summed E-state index contributed by atoms with van der Waals surface area (Å²) in [7, 11) is 0. The highest BCUT2D eigenvalue weighted by Gasteiger charge is 2.19. The first-order valence-corrected chi connectivity index (χ1v) is 5.78. The van der Waals surface area contributed by atoms with Crippen LogP contribution >= 0.6 is 0 Å². The zero-order chi connectivity index (χ0) is 13.8. The molecule has 1 aromatic carbocycles. The first-order chi connectivity index (χ1) is 9.08. The van der Waals surface area contributed by atoms with Crippen molar-refractivity contribution in [3.05, 3.63) is 47.4 Å². The first-order valence-electron chi connectivity index (χ1n) is 5.78. The van der Waals surface area contributed by atoms with Crippen LogP contribution in [-0.2, 0) is 14.3 Å². The van der Waals surface area contributed by atoms with Gasteiger partial charge in [0.05, 0.1) is 6.04 Å². The van der Waals surface area contributed by atoms with Gasteiger partial charge in [0.25, 0.3) is 5.91 Å². The summed E-state index contributed by atoms with van der Waals surface area (Å²) < 4.78 is 36.4. The number of nitrogens with one attached hydrogen (secondary N) is 1. The fourth-order valence-corrected chi connectivity index (χ4v) is 1.69. The third kappa shape index (κ3) is 3.21. The lowest BCUT2D eigenvalue weighted by atomic mass is 10.1. The number of benzene rings is 1. The average Bonchev–Trinajstić information content (AvgIpc) is 2.39. The van der Waals surface area contributed by atoms with Gasteiger partial charge in [-0.3, -0.25) is 4.79 Å². The van der Waals surface area contributed by atoms with Gasteiger partial charge < -0.3 is 14.8 Å². The van der Waals surface area contributed by atoms with Crippen LogP contribution < -0.4 is 5.32 Å². The van der Waals surface area contributed by atoms with E-state index in [1.165, 1.54) is 12.3 Å². The van der Waals surface area contributed by atoms with E-state index in [-0.39, 0.29) is 11.3 Å². The second-order valence-electron chi connectivity index (χ2n) is 4.06. The topological polar surface area (TPSA) is 47.6 Å². The molecule has 0 aliphatic carbocycles. The lowest BCUT2D eigenvalue weighted by Gasteiger charge is -2.18. The Kier molecular flexibility index (Phi) is 3.99. The van der Waals surface area contributed by atoms with Gasteiger partial charge in [-0.1, -0.05) is 6.07 Å². The van der Waals surface area contributed by atoms with E-state index < -0.39 is 23.6 Å². The molecule has 1 aromatic rings. The molecule has 0 fully saturated rings. The fourth-order valence-electron chi connectivity index (χ4n) is 1.69. The van der Waals surface area contributed by atoms with Crippen molar-refractivity contribution < 1.29 is 23.0 Å². The molecule has 2 rings (SSSR count). The summed E-state index contributed by atoms with van der Waals surface area (Å²) in [5, 5.41) is 2.55. The van der Waals surface area contributed by atoms with Crippen molar-refractivity contribution in [3.8, 4) is 0 Å². The van der Waals surface area contributed by atoms with Crippen LogP contribution in [0.4, 0.5) is 8.78 Å². The smallest absolute Gasteiger partial charge is 0.290 e. The van der Waals surface area contributed by atoms with Crippen LogP contribution in [0.5, 0.6) is 0 Å². The van der Waals surface area contributed by atoms with Crippen molar-refractivity contribution in [1.29, 1.82) is 0 Å². The number of ether oxygens (including phenoxy) is 2. The molecule has 1 aliphatic rings. The summed E-state index contributed by atoms with van der Waals surface area (Å²) >= 11 is 0. The molecule has 1 unspecified atom stereocenters. The number of amides is 1. The maximum atomic E-state index is 13.5. The number of carbonyl (C=O) groups is 1. The van der Waals surface area contributed by atoms with Gasteiger partial charge in [-0.25, -0.2) is 8.78 Å². The molecule has 1 atom stereocenters. The Hall–Kier alpha value is -2.11. The summed E-state index contributed by atoms with van der Waals surface area (Å²) in [6.07, 6.45) is 1.21. The van der Waals surface area contributed by atoms with Gasteiger partial charge in [0, 0.05) is 11.6 Å². The summed E-state index contributed by atoms with van der Waals surface area (Å²) in [6.45, 7) is 2.27. The van der Waals surface area contributed by atoms with Crippen molar-refractivity contribution >= 4 is 5.91 Å². The molecule has 0 radical (unpaired) electrons. The first kappa shape index (κ1) is 13.3. The lowest BCUT2D eigenvalue weighted by Crippen LogP contribution is -2.31. The van der Waals surface area contributed by atoms with Gasteiger partial charge in [-0.15, -0.1) is 0 Å². The van der Waals surface area contributed by atoms with E-state index in [0.29, 0.717) is 13.2 Å². The van der Waals surface area contributed by atoms with Crippen LogP contribution in [0.3, 0.4) is 0 Å². The molecule has 0 aromatic heterocycles. The molecule has 1 amide bonds. The molecule has 0 saturated heterocycles. The maximum Gasteiger partial charge on any atom is 0.290 e. The second kappa shape index (κ2) is 5.69. The van der Waals surface area contributed by atoms with Gasteiger partial charge in [0.15, 0.2) is 0 Å². The quantitative estimate of drug-likeness (QED) is 0.913. The minimum absolute atomic E-state index is 0.0422. The van der Waals surface area contributed by atoms with Crippen LogP contribution in [0.15, 0.2) is 30.2 Å². The molecule has 1 N–H and O–H groups in total. The van der Waals surface area contributed by atoms with Crippen molar-refractivity contribution in [2.45, 2.75) is 13.0 Å². The van der Waals surface area contributed by atoms with E-state index in [4.69, 9.17) is 9.47 Å². The van der Waals surface area contributed by atoms with Crippen LogP contribution in [0.25, 0.3) is 0 Å². The van der Waals surface area contributed by atoms with E-state index in [0.717, 1.165) is 12.1 Å². The average molecular weight is 269 g/mol. The van der Waals surface area contributed by atoms with Crippen LogP contribution in [0.2, 0.25) is 0 Å². The van der Waals surface area contributed by atoms with Gasteiger partial charge in [-0.2, -0.15) is 0 Å². The van der Waals surface area contributed by atoms with Crippen LogP contribution in [0, 0.1) is 11.6 Å². The maximum absolute atomic E-state index is 13.5. The number of hydrogen-bond donors (Lipinski definition) is 1. The summed E-state index contributed by atoms with van der Waals surface area (Å²) in [5.74, 6) is -1.83. The Labute approximate surface area is 109 Å². The minimum Gasteiger partial charge on any atom is -0.494 e. The number of rotatable bonds is 3. The van der Waals surface area contributed by atoms with Gasteiger partial charge in [0.2, 0.25) is 5.76 Å². The highest BCUT2D eigenvalue weighted by atomic mass is 19.1. The highest BCUT2D eigenvalue weighted by molar-refractivity contribution is 5.91. The van der Waals surface area contributed by atoms with Gasteiger partial charge in [0.1, 0.15) is 31.1 Å². The van der Waals surface area contributed by atoms with Crippen molar-refractivity contribution in [2.75, 3.05) is 13.2 Å². The van der Waals surface area contributed by atoms with E-state index in [1.54, 1.807) is 6.92 Å². The molecule has 0 spiro atoms. The Bertz CT molecular complexity index is 517. The zero-order valence-electron chi connectivity index (χ0n) is 10.3. The number of hydrogen-bond acceptors (Lipinski definition) is 3. The summed E-state index contributed by atoms with van der Waals surface area (Å²) in [5.41, 5.74) is 0.201. The Balaban J connectivity index is 2.06. The van der Waals surface area contributed by atoms with E-state index in [2.05, 4.69) is 5.32 Å². The number of carbonyl (C=O) groups excluding carboxylic acids is 1. The van der Waals surface area contributed by atoms with E-state index in [1.807, 2.05) is 0 Å². The molecule has 6 heteroatoms. The lowest BCUT2D eigenvalue weighted by molar-refractivity contribution is -0.122. The fraction of sp³-hybridized carbons (Fsp3) is 0.308. The molecule has 4 nitrogen and oxygen atoms in total. The normalized spacial score (nSPS) is 15.8. The third-order valence-corrected chi connectivity index (χ3v) is 2.65. The molecule has 19 heavy (non-hydrogen) atoms. The SMILES string of the molecule is CC(NC(=O)C1=COCCO1)c1ccc(F)cc1F. The Morgan fingerprint density at radius 3 is 2.79 bits per heavy atom. The van der Waals surface area contributed by atoms with Crippen LogP contribution in [-0.4, -0.2) is 19.1 Å². The molecule has 102 valence electrons. The van der Waals surface area contributed by atoms with Crippen molar-refractivity contribution in [3.63, 3.8) is 0 Å². The van der Waals surface area contributed by atoms with Gasteiger partial charge >= 0.3 is 0 Å². The predicted molar refractivity (Wildman–Crippen MR) is 62.9 cm³/mol. The number of halogens is 2. The summed E-state index contributed by atoms with van der Waals surface area (Å²) in [6, 6.07) is 2.60. The van der Waals surface area contributed by atoms with Crippen molar-refractivity contribution in [1.82, 2.24) is 5.32 Å². The zero-order valence-corrected chi connectivity index (χ0v) is 10.3. The van der Waals surface area contributed by atoms with E-state index >= 15 is 0 Å². The predicted octanol–water partition coefficient (Wildman–Crippen LogP) is 2.03. The molecular weight excluding hydrogens is 256 g/mol. The molecule has 1 aliphatic heterocycles. The minimum atomic E-state index is -0.706.